The van der Waals surface area contributed by atoms with Crippen LogP contribution in [0, 0.1) is 5.92 Å². The zero-order valence-electron chi connectivity index (χ0n) is 8.93. The average molecular weight is 212 g/mol. The van der Waals surface area contributed by atoms with Gasteiger partial charge in [0.1, 0.15) is 0 Å². The van der Waals surface area contributed by atoms with Crippen molar-refractivity contribution in [2.45, 2.75) is 32.9 Å². The minimum Gasteiger partial charge on any atom is -0.347 e. The van der Waals surface area contributed by atoms with Gasteiger partial charge >= 0.3 is 0 Å². The van der Waals surface area contributed by atoms with Crippen LogP contribution in [0.3, 0.4) is 0 Å². The first-order valence-corrected chi connectivity index (χ1v) is 4.88. The number of nitrogens with two attached hydrogens (primary N) is 1. The molecule has 0 radical (unpaired) electrons. The van der Waals surface area contributed by atoms with Crippen molar-refractivity contribution >= 4 is 5.91 Å². The van der Waals surface area contributed by atoms with Gasteiger partial charge in [0.25, 0.3) is 0 Å². The number of rotatable bonds is 5. The third-order valence-electron chi connectivity index (χ3n) is 1.89. The van der Waals surface area contributed by atoms with E-state index in [1.54, 1.807) is 0 Å². The Morgan fingerprint density at radius 1 is 1.67 bits per heavy atom. The second kappa shape index (κ2) is 5.45. The van der Waals surface area contributed by atoms with E-state index in [-0.39, 0.29) is 12.5 Å². The molecule has 1 rings (SSSR count). The topological polar surface area (TPSA) is 94.0 Å². The molecular weight excluding hydrogens is 196 g/mol. The van der Waals surface area contributed by atoms with Gasteiger partial charge in [-0.25, -0.2) is 0 Å². The first-order chi connectivity index (χ1) is 7.09. The van der Waals surface area contributed by atoms with Crippen LogP contribution in [-0.4, -0.2) is 22.1 Å². The fraction of sp³-hybridized carbons (Fsp3) is 0.667. The quantitative estimate of drug-likeness (QED) is 0.719. The zero-order chi connectivity index (χ0) is 11.3. The summed E-state index contributed by atoms with van der Waals surface area (Å²) in [4.78, 5) is 15.2. The van der Waals surface area contributed by atoms with Crippen molar-refractivity contribution in [3.8, 4) is 0 Å². The van der Waals surface area contributed by atoms with Crippen LogP contribution in [-0.2, 0) is 11.3 Å². The first kappa shape index (κ1) is 11.6. The molecule has 1 heterocycles. The summed E-state index contributed by atoms with van der Waals surface area (Å²) in [6, 6.07) is -0.475. The molecule has 1 amide bonds. The maximum absolute atomic E-state index is 11.5. The monoisotopic (exact) mass is 212 g/mol. The van der Waals surface area contributed by atoms with Gasteiger partial charge in [0.15, 0.2) is 5.82 Å². The van der Waals surface area contributed by atoms with E-state index in [4.69, 9.17) is 5.73 Å². The Labute approximate surface area is 88.2 Å². The lowest BCUT2D eigenvalue weighted by Crippen LogP contribution is -2.41. The van der Waals surface area contributed by atoms with Crippen LogP contribution in [0.4, 0.5) is 0 Å². The molecule has 0 saturated heterocycles. The molecule has 1 atom stereocenters. The maximum atomic E-state index is 11.5. The van der Waals surface area contributed by atoms with Gasteiger partial charge < -0.3 is 15.6 Å². The highest BCUT2D eigenvalue weighted by Crippen LogP contribution is 2.02. The van der Waals surface area contributed by atoms with Crippen molar-refractivity contribution in [1.29, 1.82) is 0 Å². The highest BCUT2D eigenvalue weighted by molar-refractivity contribution is 5.81. The van der Waals surface area contributed by atoms with Gasteiger partial charge in [0.05, 0.1) is 12.6 Å². The molecule has 0 aliphatic carbocycles. The van der Waals surface area contributed by atoms with Crippen molar-refractivity contribution in [3.63, 3.8) is 0 Å². The molecule has 0 bridgehead atoms. The van der Waals surface area contributed by atoms with Crippen LogP contribution in [0.5, 0.6) is 0 Å². The molecule has 15 heavy (non-hydrogen) atoms. The van der Waals surface area contributed by atoms with Gasteiger partial charge in [0, 0.05) is 0 Å². The molecule has 0 fully saturated rings. The lowest BCUT2D eigenvalue weighted by atomic mass is 10.0. The third kappa shape index (κ3) is 4.07. The summed E-state index contributed by atoms with van der Waals surface area (Å²) in [5, 5.41) is 6.21. The Balaban J connectivity index is 2.29. The fourth-order valence-corrected chi connectivity index (χ4v) is 1.18. The molecular formula is C9H16N4O2. The molecule has 0 aliphatic heterocycles. The SMILES string of the molecule is CC(C)C[C@@H](N)C(=O)NCc1ncon1. The second-order valence-corrected chi connectivity index (χ2v) is 3.80. The summed E-state index contributed by atoms with van der Waals surface area (Å²) in [6.07, 6.45) is 1.88. The molecule has 0 aliphatic rings. The average Bonchev–Trinajstić information content (AvgIpc) is 2.65. The zero-order valence-corrected chi connectivity index (χ0v) is 8.93. The molecule has 6 heteroatoms. The predicted molar refractivity (Wildman–Crippen MR) is 53.6 cm³/mol. The van der Waals surface area contributed by atoms with Gasteiger partial charge in [-0.3, -0.25) is 4.79 Å². The van der Waals surface area contributed by atoms with Crippen LogP contribution in [0.1, 0.15) is 26.1 Å². The maximum Gasteiger partial charge on any atom is 0.237 e. The van der Waals surface area contributed by atoms with E-state index >= 15 is 0 Å². The van der Waals surface area contributed by atoms with Crippen molar-refractivity contribution in [2.75, 3.05) is 0 Å². The van der Waals surface area contributed by atoms with E-state index in [2.05, 4.69) is 20.0 Å². The number of hydrogen-bond acceptors (Lipinski definition) is 5. The number of carbonyl (C=O) groups is 1. The van der Waals surface area contributed by atoms with Gasteiger partial charge in [-0.1, -0.05) is 19.0 Å². The van der Waals surface area contributed by atoms with E-state index in [0.29, 0.717) is 18.2 Å². The first-order valence-electron chi connectivity index (χ1n) is 4.88. The molecule has 0 unspecified atom stereocenters. The summed E-state index contributed by atoms with van der Waals surface area (Å²) in [6.45, 7) is 4.29. The lowest BCUT2D eigenvalue weighted by molar-refractivity contribution is -0.122. The van der Waals surface area contributed by atoms with Crippen molar-refractivity contribution in [2.24, 2.45) is 11.7 Å². The van der Waals surface area contributed by atoms with Crippen molar-refractivity contribution in [1.82, 2.24) is 15.5 Å². The van der Waals surface area contributed by atoms with Gasteiger partial charge in [0.2, 0.25) is 12.3 Å². The highest BCUT2D eigenvalue weighted by atomic mass is 16.5. The lowest BCUT2D eigenvalue weighted by Gasteiger charge is -2.12. The summed E-state index contributed by atoms with van der Waals surface area (Å²) in [7, 11) is 0. The molecule has 0 spiro atoms. The fourth-order valence-electron chi connectivity index (χ4n) is 1.18. The molecule has 3 N–H and O–H groups in total. The number of nitrogens with one attached hydrogen (secondary N) is 1. The number of amides is 1. The predicted octanol–water partition coefficient (Wildman–Crippen LogP) is 0.0592. The highest BCUT2D eigenvalue weighted by Gasteiger charge is 2.14. The minimum absolute atomic E-state index is 0.187. The number of nitrogens with zero attached hydrogens (tertiary/aromatic N) is 2. The van der Waals surface area contributed by atoms with Crippen LogP contribution in [0.15, 0.2) is 10.9 Å². The molecule has 0 aromatic carbocycles. The smallest absolute Gasteiger partial charge is 0.237 e. The Bertz CT molecular complexity index is 297. The molecule has 84 valence electrons. The normalized spacial score (nSPS) is 12.8. The summed E-state index contributed by atoms with van der Waals surface area (Å²) in [5.74, 6) is 0.657. The Morgan fingerprint density at radius 2 is 2.40 bits per heavy atom. The number of carbonyl (C=O) groups excluding carboxylic acids is 1. The second-order valence-electron chi connectivity index (χ2n) is 3.80. The number of aromatic nitrogens is 2. The van der Waals surface area contributed by atoms with Crippen LogP contribution >= 0.6 is 0 Å². The Hall–Kier alpha value is -1.43. The van der Waals surface area contributed by atoms with Crippen LogP contribution in [0.25, 0.3) is 0 Å². The van der Waals surface area contributed by atoms with Crippen LogP contribution in [0.2, 0.25) is 0 Å². The molecule has 1 aromatic rings. The standard InChI is InChI=1S/C9H16N4O2/c1-6(2)3-7(10)9(14)11-4-8-12-5-15-13-8/h5-7H,3-4,10H2,1-2H3,(H,11,14)/t7-/m1/s1. The van der Waals surface area contributed by atoms with Crippen molar-refractivity contribution in [3.05, 3.63) is 12.2 Å². The Kier molecular flexibility index (Phi) is 4.23. The summed E-state index contributed by atoms with van der Waals surface area (Å²) >= 11 is 0. The van der Waals surface area contributed by atoms with Gasteiger partial charge in [-0.05, 0) is 12.3 Å². The largest absolute Gasteiger partial charge is 0.347 e. The minimum atomic E-state index is -0.475. The Morgan fingerprint density at radius 3 is 2.93 bits per heavy atom. The van der Waals surface area contributed by atoms with Crippen LogP contribution < -0.4 is 11.1 Å². The third-order valence-corrected chi connectivity index (χ3v) is 1.89. The van der Waals surface area contributed by atoms with E-state index < -0.39 is 6.04 Å². The van der Waals surface area contributed by atoms with E-state index in [1.807, 2.05) is 13.8 Å². The summed E-state index contributed by atoms with van der Waals surface area (Å²) in [5.41, 5.74) is 5.68. The molecule has 6 nitrogen and oxygen atoms in total. The molecule has 0 saturated carbocycles. The van der Waals surface area contributed by atoms with Gasteiger partial charge in [-0.2, -0.15) is 4.98 Å². The van der Waals surface area contributed by atoms with Gasteiger partial charge in [-0.15, -0.1) is 0 Å². The summed E-state index contributed by atoms with van der Waals surface area (Å²) < 4.78 is 4.53. The molecule has 1 aromatic heterocycles. The van der Waals surface area contributed by atoms with E-state index in [9.17, 15) is 4.79 Å². The van der Waals surface area contributed by atoms with E-state index in [0.717, 1.165) is 0 Å². The van der Waals surface area contributed by atoms with Crippen molar-refractivity contribution < 1.29 is 9.32 Å². The number of hydrogen-bond donors (Lipinski definition) is 2. The van der Waals surface area contributed by atoms with E-state index in [1.165, 1.54) is 6.39 Å².